The third-order valence-corrected chi connectivity index (χ3v) is 4.52. The van der Waals surface area contributed by atoms with Crippen molar-refractivity contribution in [3.05, 3.63) is 57.9 Å². The highest BCUT2D eigenvalue weighted by Gasteiger charge is 2.27. The zero-order valence-corrected chi connectivity index (χ0v) is 14.3. The molecule has 0 fully saturated rings. The van der Waals surface area contributed by atoms with Gasteiger partial charge in [-0.3, -0.25) is 4.40 Å². The van der Waals surface area contributed by atoms with Gasteiger partial charge in [-0.2, -0.15) is 8.78 Å². The van der Waals surface area contributed by atoms with E-state index in [0.29, 0.717) is 10.7 Å². The van der Waals surface area contributed by atoms with Gasteiger partial charge in [0.25, 0.3) is 0 Å². The van der Waals surface area contributed by atoms with Crippen LogP contribution >= 0.6 is 22.9 Å². The Labute approximate surface area is 154 Å². The number of carbonyl (C=O) groups is 1. The number of alkyl halides is 2. The van der Waals surface area contributed by atoms with Gasteiger partial charge in [0.15, 0.2) is 15.8 Å². The minimum absolute atomic E-state index is 0.0262. The fourth-order valence-corrected chi connectivity index (χ4v) is 3.40. The third kappa shape index (κ3) is 2.95. The second kappa shape index (κ2) is 6.50. The lowest BCUT2D eigenvalue weighted by Gasteiger charge is -2.08. The lowest BCUT2D eigenvalue weighted by molar-refractivity contribution is -0.129. The number of para-hydroxylation sites is 1. The summed E-state index contributed by atoms with van der Waals surface area (Å²) in [7, 11) is 0. The molecule has 2 aromatic heterocycles. The van der Waals surface area contributed by atoms with Gasteiger partial charge in [-0.1, -0.05) is 23.7 Å². The molecule has 1 aromatic carbocycles. The predicted octanol–water partition coefficient (Wildman–Crippen LogP) is 4.00. The van der Waals surface area contributed by atoms with Crippen molar-refractivity contribution in [2.45, 2.75) is 6.61 Å². The number of imidazole rings is 1. The molecule has 0 bridgehead atoms. The summed E-state index contributed by atoms with van der Waals surface area (Å²) in [6.07, 6.45) is 3.18. The van der Waals surface area contributed by atoms with Crippen LogP contribution in [0, 0.1) is 0 Å². The summed E-state index contributed by atoms with van der Waals surface area (Å²) in [5, 5.41) is 2.03. The predicted molar refractivity (Wildman–Crippen MR) is 91.8 cm³/mol. The second-order valence-electron chi connectivity index (χ2n) is 5.05. The molecule has 6 nitrogen and oxygen atoms in total. The van der Waals surface area contributed by atoms with Crippen LogP contribution in [0.5, 0.6) is 5.75 Å². The minimum atomic E-state index is -3.01. The molecule has 3 aromatic rings. The number of esters is 1. The zero-order valence-electron chi connectivity index (χ0n) is 12.7. The van der Waals surface area contributed by atoms with E-state index in [9.17, 15) is 13.6 Å². The number of hydrogen-bond donors (Lipinski definition) is 0. The Bertz CT molecular complexity index is 1070. The Morgan fingerprint density at radius 2 is 2.15 bits per heavy atom. The summed E-state index contributed by atoms with van der Waals surface area (Å²) >= 11 is 7.48. The van der Waals surface area contributed by atoms with E-state index < -0.39 is 12.6 Å². The maximum absolute atomic E-state index is 12.6. The highest BCUT2D eigenvalue weighted by Crippen LogP contribution is 2.28. The Hall–Kier alpha value is -2.78. The number of aromatic nitrogens is 2. The van der Waals surface area contributed by atoms with Crippen molar-refractivity contribution in [2.75, 3.05) is 0 Å². The lowest BCUT2D eigenvalue weighted by atomic mass is 10.2. The van der Waals surface area contributed by atoms with Gasteiger partial charge in [0.1, 0.15) is 5.75 Å². The molecule has 132 valence electrons. The molecule has 1 aliphatic rings. The number of cyclic esters (lactones) is 1. The van der Waals surface area contributed by atoms with Gasteiger partial charge in [-0.15, -0.1) is 11.3 Å². The Kier molecular flexibility index (Phi) is 4.17. The van der Waals surface area contributed by atoms with Crippen molar-refractivity contribution in [3.63, 3.8) is 0 Å². The quantitative estimate of drug-likeness (QED) is 0.495. The maximum atomic E-state index is 12.6. The fraction of sp³-hybridized carbons (Fsp3) is 0.0625. The van der Waals surface area contributed by atoms with Crippen molar-refractivity contribution in [2.24, 2.45) is 4.99 Å². The number of fused-ring (bicyclic) bond motifs is 1. The van der Waals surface area contributed by atoms with E-state index in [-0.39, 0.29) is 28.1 Å². The van der Waals surface area contributed by atoms with Crippen molar-refractivity contribution in [1.29, 1.82) is 0 Å². The molecule has 1 aliphatic heterocycles. The first kappa shape index (κ1) is 16.7. The van der Waals surface area contributed by atoms with Crippen LogP contribution in [-0.2, 0) is 9.53 Å². The fourth-order valence-electron chi connectivity index (χ4n) is 2.40. The monoisotopic (exact) mass is 395 g/mol. The number of aliphatic imine (C=N–C) groups is 1. The molecule has 0 radical (unpaired) electrons. The molecule has 3 heterocycles. The average Bonchev–Trinajstić information content (AvgIpc) is 3.25. The van der Waals surface area contributed by atoms with Crippen LogP contribution in [0.1, 0.15) is 11.3 Å². The minimum Gasteiger partial charge on any atom is -0.434 e. The number of ether oxygens (including phenoxy) is 2. The average molecular weight is 396 g/mol. The number of nitrogens with zero attached hydrogens (tertiary/aromatic N) is 3. The van der Waals surface area contributed by atoms with Crippen molar-refractivity contribution in [3.8, 4) is 5.75 Å². The first-order chi connectivity index (χ1) is 12.5. The molecule has 0 N–H and O–H groups in total. The molecule has 0 saturated heterocycles. The van der Waals surface area contributed by atoms with Gasteiger partial charge < -0.3 is 9.47 Å². The van der Waals surface area contributed by atoms with Gasteiger partial charge in [-0.05, 0) is 18.2 Å². The summed E-state index contributed by atoms with van der Waals surface area (Å²) in [6, 6.07) is 5.92. The topological polar surface area (TPSA) is 65.2 Å². The number of hydrogen-bond acceptors (Lipinski definition) is 6. The first-order valence-electron chi connectivity index (χ1n) is 7.21. The molecule has 0 amide bonds. The van der Waals surface area contributed by atoms with E-state index in [2.05, 4.69) is 14.7 Å². The number of benzene rings is 1. The Morgan fingerprint density at radius 1 is 1.35 bits per heavy atom. The molecular formula is C16H8ClF2N3O3S. The highest BCUT2D eigenvalue weighted by molar-refractivity contribution is 7.15. The summed E-state index contributed by atoms with van der Waals surface area (Å²) < 4.78 is 36.4. The molecule has 10 heteroatoms. The molecular weight excluding hydrogens is 388 g/mol. The van der Waals surface area contributed by atoms with E-state index in [1.165, 1.54) is 35.6 Å². The SMILES string of the molecule is O=C1OC(c2ccccc2OC(F)F)=N/C1=C\c1c(Cl)nc2sccn12. The van der Waals surface area contributed by atoms with E-state index >= 15 is 0 Å². The summed E-state index contributed by atoms with van der Waals surface area (Å²) in [6.45, 7) is -3.01. The standard InChI is InChI=1S/C16H8ClF2N3O3S/c17-12-10(22-5-6-26-16(22)21-12)7-9-14(23)25-13(20-9)8-3-1-2-4-11(8)24-15(18)19/h1-7,15H/b9-7-. The maximum Gasteiger partial charge on any atom is 0.387 e. The molecule has 0 spiro atoms. The van der Waals surface area contributed by atoms with Crippen molar-refractivity contribution >= 4 is 45.8 Å². The number of rotatable bonds is 4. The summed E-state index contributed by atoms with van der Waals surface area (Å²) in [5.74, 6) is -0.995. The Balaban J connectivity index is 1.75. The number of thiazole rings is 1. The highest BCUT2D eigenvalue weighted by atomic mass is 35.5. The largest absolute Gasteiger partial charge is 0.434 e. The van der Waals surface area contributed by atoms with Gasteiger partial charge in [0.05, 0.1) is 11.3 Å². The second-order valence-corrected chi connectivity index (χ2v) is 6.29. The van der Waals surface area contributed by atoms with Crippen molar-refractivity contribution < 1.29 is 23.0 Å². The lowest BCUT2D eigenvalue weighted by Crippen LogP contribution is -2.10. The molecule has 0 unspecified atom stereocenters. The third-order valence-electron chi connectivity index (χ3n) is 3.48. The Morgan fingerprint density at radius 3 is 2.96 bits per heavy atom. The van der Waals surface area contributed by atoms with Crippen LogP contribution in [0.15, 0.2) is 46.5 Å². The van der Waals surface area contributed by atoms with Crippen LogP contribution in [0.3, 0.4) is 0 Å². The zero-order chi connectivity index (χ0) is 18.3. The molecule has 26 heavy (non-hydrogen) atoms. The van der Waals surface area contributed by atoms with Gasteiger partial charge >= 0.3 is 12.6 Å². The molecule has 0 aliphatic carbocycles. The molecule has 4 rings (SSSR count). The number of halogens is 3. The molecule has 0 saturated carbocycles. The van der Waals surface area contributed by atoms with Gasteiger partial charge in [0, 0.05) is 11.6 Å². The first-order valence-corrected chi connectivity index (χ1v) is 8.46. The normalized spacial score (nSPS) is 15.8. The smallest absolute Gasteiger partial charge is 0.387 e. The number of carbonyl (C=O) groups excluding carboxylic acids is 1. The van der Waals surface area contributed by atoms with Crippen LogP contribution in [-0.4, -0.2) is 27.9 Å². The van der Waals surface area contributed by atoms with Crippen LogP contribution in [0.4, 0.5) is 8.78 Å². The van der Waals surface area contributed by atoms with Crippen molar-refractivity contribution in [1.82, 2.24) is 9.38 Å². The summed E-state index contributed by atoms with van der Waals surface area (Å²) in [5.41, 5.74) is 0.586. The van der Waals surface area contributed by atoms with E-state index in [0.717, 1.165) is 0 Å². The van der Waals surface area contributed by atoms with E-state index in [1.807, 2.05) is 5.38 Å². The van der Waals surface area contributed by atoms with Crippen LogP contribution in [0.2, 0.25) is 5.15 Å². The summed E-state index contributed by atoms with van der Waals surface area (Å²) in [4.78, 5) is 21.1. The van der Waals surface area contributed by atoms with E-state index in [1.54, 1.807) is 16.7 Å². The van der Waals surface area contributed by atoms with Crippen LogP contribution < -0.4 is 4.74 Å². The van der Waals surface area contributed by atoms with E-state index in [4.69, 9.17) is 16.3 Å². The molecule has 0 atom stereocenters. The van der Waals surface area contributed by atoms with Gasteiger partial charge in [-0.25, -0.2) is 14.8 Å². The van der Waals surface area contributed by atoms with Gasteiger partial charge in [0.2, 0.25) is 5.90 Å². The van der Waals surface area contributed by atoms with Crippen LogP contribution in [0.25, 0.3) is 11.0 Å².